The van der Waals surface area contributed by atoms with Gasteiger partial charge < -0.3 is 24.1 Å². The predicted molar refractivity (Wildman–Crippen MR) is 121 cm³/mol. The number of methoxy groups -OCH3 is 1. The Labute approximate surface area is 193 Å². The molecule has 1 fully saturated rings. The van der Waals surface area contributed by atoms with Gasteiger partial charge in [0.15, 0.2) is 11.5 Å². The van der Waals surface area contributed by atoms with Gasteiger partial charge in [0.25, 0.3) is 0 Å². The third-order valence-electron chi connectivity index (χ3n) is 6.09. The smallest absolute Gasteiger partial charge is 0.351 e. The first-order chi connectivity index (χ1) is 15.8. The minimum atomic E-state index is -0.811. The lowest BCUT2D eigenvalue weighted by atomic mass is 9.96. The molecule has 0 saturated heterocycles. The summed E-state index contributed by atoms with van der Waals surface area (Å²) in [6, 6.07) is 6.65. The summed E-state index contributed by atoms with van der Waals surface area (Å²) in [7, 11) is 1.44. The highest BCUT2D eigenvalue weighted by molar-refractivity contribution is 5.99. The van der Waals surface area contributed by atoms with Crippen molar-refractivity contribution in [3.05, 3.63) is 41.0 Å². The van der Waals surface area contributed by atoms with Crippen LogP contribution in [0, 0.1) is 18.8 Å². The van der Waals surface area contributed by atoms with Gasteiger partial charge >= 0.3 is 11.9 Å². The van der Waals surface area contributed by atoms with E-state index in [-0.39, 0.29) is 52.1 Å². The monoisotopic (exact) mass is 454 g/mol. The Morgan fingerprint density at radius 2 is 1.88 bits per heavy atom. The van der Waals surface area contributed by atoms with Crippen molar-refractivity contribution >= 4 is 11.9 Å². The first kappa shape index (κ1) is 23.1. The molecule has 1 heterocycles. The van der Waals surface area contributed by atoms with Crippen LogP contribution in [-0.4, -0.2) is 24.2 Å². The van der Waals surface area contributed by atoms with E-state index < -0.39 is 12.1 Å². The molecule has 0 radical (unpaired) electrons. The van der Waals surface area contributed by atoms with E-state index in [0.717, 1.165) is 31.2 Å². The number of aryl methyl sites for hydroxylation is 1. The van der Waals surface area contributed by atoms with Crippen LogP contribution in [0.2, 0.25) is 0 Å². The van der Waals surface area contributed by atoms with Crippen molar-refractivity contribution in [3.63, 3.8) is 0 Å². The average Bonchev–Trinajstić information content (AvgIpc) is 3.25. The summed E-state index contributed by atoms with van der Waals surface area (Å²) >= 11 is 0. The average molecular weight is 455 g/mol. The molecule has 0 unspecified atom stereocenters. The highest BCUT2D eigenvalue weighted by Gasteiger charge is 2.33. The van der Waals surface area contributed by atoms with E-state index in [1.54, 1.807) is 24.3 Å². The van der Waals surface area contributed by atoms with E-state index in [1.807, 2.05) is 20.8 Å². The second-order valence-electron chi connectivity index (χ2n) is 9.19. The lowest BCUT2D eigenvalue weighted by molar-refractivity contribution is -0.138. The fraction of sp³-hybridized carbons (Fsp3) is 0.462. The Hall–Kier alpha value is -3.06. The van der Waals surface area contributed by atoms with Crippen LogP contribution >= 0.6 is 0 Å². The predicted octanol–water partition coefficient (Wildman–Crippen LogP) is 5.50. The van der Waals surface area contributed by atoms with Gasteiger partial charge in [-0.2, -0.15) is 0 Å². The van der Waals surface area contributed by atoms with Gasteiger partial charge in [0.1, 0.15) is 17.1 Å². The first-order valence-electron chi connectivity index (χ1n) is 11.4. The molecule has 2 aromatic rings. The molecule has 33 heavy (non-hydrogen) atoms. The number of hydrogen-bond donors (Lipinski definition) is 1. The normalized spacial score (nSPS) is 16.4. The molecule has 2 aliphatic rings. The largest absolute Gasteiger partial charge is 0.495 e. The summed E-state index contributed by atoms with van der Waals surface area (Å²) in [6.45, 7) is 5.83. The molecular weight excluding hydrogens is 424 g/mol. The van der Waals surface area contributed by atoms with E-state index in [2.05, 4.69) is 0 Å². The zero-order chi connectivity index (χ0) is 23.7. The lowest BCUT2D eigenvalue weighted by Gasteiger charge is -2.19. The van der Waals surface area contributed by atoms with Gasteiger partial charge in [0, 0.05) is 5.56 Å². The van der Waals surface area contributed by atoms with E-state index in [4.69, 9.17) is 18.9 Å². The van der Waals surface area contributed by atoms with E-state index in [0.29, 0.717) is 12.0 Å². The quantitative estimate of drug-likeness (QED) is 0.455. The molecular formula is C26H30O7. The minimum Gasteiger partial charge on any atom is -0.495 e. The molecule has 0 spiro atoms. The van der Waals surface area contributed by atoms with E-state index in [9.17, 15) is 14.7 Å². The summed E-state index contributed by atoms with van der Waals surface area (Å²) in [6.07, 6.45) is 3.34. The molecule has 4 rings (SSSR count). The van der Waals surface area contributed by atoms with Crippen molar-refractivity contribution in [2.24, 2.45) is 11.8 Å². The van der Waals surface area contributed by atoms with Gasteiger partial charge in [-0.05, 0) is 61.9 Å². The van der Waals surface area contributed by atoms with Crippen LogP contribution in [-0.2, 0) is 4.79 Å². The summed E-state index contributed by atoms with van der Waals surface area (Å²) in [5.41, 5.74) is 1.32. The number of rotatable bonds is 6. The summed E-state index contributed by atoms with van der Waals surface area (Å²) in [5.74, 6) is 0.0989. The van der Waals surface area contributed by atoms with Crippen molar-refractivity contribution in [3.8, 4) is 28.7 Å². The molecule has 7 nitrogen and oxygen atoms in total. The van der Waals surface area contributed by atoms with Gasteiger partial charge in [0.05, 0.1) is 19.1 Å². The van der Waals surface area contributed by atoms with Gasteiger partial charge in [-0.3, -0.25) is 4.79 Å². The molecule has 7 heteroatoms. The SMILES string of the molecule is COc1c([C@@H](O)CC(C)C)ccc2c1C(=O)Oc1cc(C)cc(OC(=O)C3CCCC3)c1O2. The molecule has 176 valence electrons. The number of fused-ring (bicyclic) bond motifs is 2. The number of benzene rings is 2. The zero-order valence-corrected chi connectivity index (χ0v) is 19.5. The number of carbonyl (C=O) groups excluding carboxylic acids is 2. The summed E-state index contributed by atoms with van der Waals surface area (Å²) < 4.78 is 23.0. The maximum absolute atomic E-state index is 13.1. The van der Waals surface area contributed by atoms with Gasteiger partial charge in [-0.1, -0.05) is 26.7 Å². The Morgan fingerprint density at radius 3 is 2.55 bits per heavy atom. The number of aliphatic hydroxyl groups is 1. The second kappa shape index (κ2) is 9.43. The third-order valence-corrected chi connectivity index (χ3v) is 6.09. The number of ether oxygens (including phenoxy) is 4. The maximum atomic E-state index is 13.1. The fourth-order valence-corrected chi connectivity index (χ4v) is 4.49. The van der Waals surface area contributed by atoms with Crippen LogP contribution in [0.1, 0.15) is 73.5 Å². The van der Waals surface area contributed by atoms with Crippen LogP contribution in [0.4, 0.5) is 0 Å². The Balaban J connectivity index is 1.74. The Bertz CT molecular complexity index is 1070. The van der Waals surface area contributed by atoms with Gasteiger partial charge in [0.2, 0.25) is 5.75 Å². The van der Waals surface area contributed by atoms with Gasteiger partial charge in [-0.25, -0.2) is 4.79 Å². The topological polar surface area (TPSA) is 91.3 Å². The van der Waals surface area contributed by atoms with Crippen molar-refractivity contribution in [2.45, 2.75) is 59.0 Å². The number of hydrogen-bond acceptors (Lipinski definition) is 7. The number of carbonyl (C=O) groups is 2. The standard InChI is InChI=1S/C26H30O7/c1-14(2)11-18(27)17-9-10-19-22(23(17)30-4)26(29)33-21-13-15(3)12-20(24(21)31-19)32-25(28)16-7-5-6-8-16/h9-10,12-14,16,18,27H,5-8,11H2,1-4H3/t18-/m0/s1. The van der Waals surface area contributed by atoms with Crippen LogP contribution in [0.5, 0.6) is 28.7 Å². The Morgan fingerprint density at radius 1 is 1.15 bits per heavy atom. The van der Waals surface area contributed by atoms with E-state index >= 15 is 0 Å². The summed E-state index contributed by atoms with van der Waals surface area (Å²) in [4.78, 5) is 25.8. The van der Waals surface area contributed by atoms with Crippen LogP contribution in [0.15, 0.2) is 24.3 Å². The fourth-order valence-electron chi connectivity index (χ4n) is 4.49. The second-order valence-corrected chi connectivity index (χ2v) is 9.19. The number of aliphatic hydroxyl groups excluding tert-OH is 1. The molecule has 1 saturated carbocycles. The van der Waals surface area contributed by atoms with Crippen molar-refractivity contribution in [2.75, 3.05) is 7.11 Å². The molecule has 1 N–H and O–H groups in total. The van der Waals surface area contributed by atoms with E-state index in [1.165, 1.54) is 7.11 Å². The minimum absolute atomic E-state index is 0.0831. The van der Waals surface area contributed by atoms with Crippen LogP contribution in [0.3, 0.4) is 0 Å². The highest BCUT2D eigenvalue weighted by Crippen LogP contribution is 2.48. The number of esters is 2. The third kappa shape index (κ3) is 4.69. The zero-order valence-electron chi connectivity index (χ0n) is 19.5. The molecule has 1 aliphatic heterocycles. The van der Waals surface area contributed by atoms with Crippen molar-refractivity contribution in [1.29, 1.82) is 0 Å². The van der Waals surface area contributed by atoms with Gasteiger partial charge in [-0.15, -0.1) is 0 Å². The Kier molecular flexibility index (Phi) is 6.61. The molecule has 1 aliphatic carbocycles. The molecule has 0 amide bonds. The molecule has 0 aromatic heterocycles. The molecule has 1 atom stereocenters. The van der Waals surface area contributed by atoms with Crippen LogP contribution in [0.25, 0.3) is 0 Å². The molecule has 0 bridgehead atoms. The summed E-state index contributed by atoms with van der Waals surface area (Å²) in [5, 5.41) is 10.7. The maximum Gasteiger partial charge on any atom is 0.351 e. The first-order valence-corrected chi connectivity index (χ1v) is 11.4. The molecule has 2 aromatic carbocycles. The van der Waals surface area contributed by atoms with Crippen LogP contribution < -0.4 is 18.9 Å². The van der Waals surface area contributed by atoms with Crippen molar-refractivity contribution < 1.29 is 33.6 Å². The lowest BCUT2D eigenvalue weighted by Crippen LogP contribution is -2.18. The highest BCUT2D eigenvalue weighted by atomic mass is 16.6. The van der Waals surface area contributed by atoms with Crippen molar-refractivity contribution in [1.82, 2.24) is 0 Å².